The second-order valence-corrected chi connectivity index (χ2v) is 14.5. The normalized spacial score (nSPS) is 11.6. The zero-order chi connectivity index (χ0) is 37.0. The lowest BCUT2D eigenvalue weighted by atomic mass is 9.89. The van der Waals surface area contributed by atoms with Crippen molar-refractivity contribution in [3.8, 4) is 0 Å². The molecule has 0 spiro atoms. The topological polar surface area (TPSA) is 6.48 Å². The van der Waals surface area contributed by atoms with E-state index in [2.05, 4.69) is 228 Å². The molecule has 2 heteroatoms. The first-order valence-electron chi connectivity index (χ1n) is 19.3. The van der Waals surface area contributed by atoms with Crippen LogP contribution in [0.3, 0.4) is 0 Å². The summed E-state index contributed by atoms with van der Waals surface area (Å²) in [6.45, 7) is 0. The van der Waals surface area contributed by atoms with Crippen LogP contribution in [0.1, 0.15) is 0 Å². The molecule has 0 aliphatic heterocycles. The van der Waals surface area contributed by atoms with Crippen LogP contribution in [-0.2, 0) is 0 Å². The van der Waals surface area contributed by atoms with Gasteiger partial charge in [-0.05, 0) is 68.7 Å². The second-order valence-electron chi connectivity index (χ2n) is 14.5. The Hall–Kier alpha value is -7.42. The van der Waals surface area contributed by atoms with Gasteiger partial charge in [-0.3, -0.25) is 0 Å². The molecule has 0 saturated heterocycles. The van der Waals surface area contributed by atoms with Crippen molar-refractivity contribution >= 4 is 98.8 Å². The number of rotatable bonds is 6. The highest BCUT2D eigenvalue weighted by Gasteiger charge is 2.30. The van der Waals surface area contributed by atoms with Crippen LogP contribution >= 0.6 is 0 Å². The summed E-state index contributed by atoms with van der Waals surface area (Å²) in [7, 11) is 0. The molecule has 0 fully saturated rings. The summed E-state index contributed by atoms with van der Waals surface area (Å²) >= 11 is 0. The first-order valence-corrected chi connectivity index (χ1v) is 19.3. The summed E-state index contributed by atoms with van der Waals surface area (Å²) in [5.74, 6) is 0. The molecule has 0 bridgehead atoms. The van der Waals surface area contributed by atoms with E-state index in [-0.39, 0.29) is 0 Å². The highest BCUT2D eigenvalue weighted by molar-refractivity contribution is 6.35. The SMILES string of the molecule is c1ccc(N(c2cccc3ccccc23)c2c(N(c3ccccc3)c3cccc4ccccc34)c3ccc4ccccc4c3c3c2ccc2ccccc23)cc1. The Morgan fingerprint density at radius 1 is 0.214 bits per heavy atom. The van der Waals surface area contributed by atoms with Crippen molar-refractivity contribution in [1.82, 2.24) is 0 Å². The third-order valence-electron chi connectivity index (χ3n) is 11.3. The van der Waals surface area contributed by atoms with Gasteiger partial charge in [-0.15, -0.1) is 0 Å². The maximum absolute atomic E-state index is 2.52. The fraction of sp³-hybridized carbons (Fsp3) is 0. The molecule has 11 aromatic carbocycles. The Morgan fingerprint density at radius 2 is 0.536 bits per heavy atom. The summed E-state index contributed by atoms with van der Waals surface area (Å²) in [4.78, 5) is 5.04. The van der Waals surface area contributed by atoms with Gasteiger partial charge in [-0.25, -0.2) is 0 Å². The largest absolute Gasteiger partial charge is 0.307 e. The zero-order valence-electron chi connectivity index (χ0n) is 30.7. The van der Waals surface area contributed by atoms with Crippen LogP contribution in [0.2, 0.25) is 0 Å². The number of para-hydroxylation sites is 2. The number of hydrogen-bond donors (Lipinski definition) is 0. The molecule has 0 N–H and O–H groups in total. The number of fused-ring (bicyclic) bond motifs is 9. The summed E-state index contributed by atoms with van der Waals surface area (Å²) in [6, 6.07) is 79.8. The molecule has 0 atom stereocenters. The first-order chi connectivity index (χ1) is 27.8. The number of hydrogen-bond acceptors (Lipinski definition) is 2. The van der Waals surface area contributed by atoms with E-state index in [0.29, 0.717) is 0 Å². The standard InChI is InChI=1S/C54H36N2/c1-3-23-41(24-4-1)55(49-31-15-21-37-17-7-11-27-43(37)49)53-47-35-33-39-19-9-13-29-45(39)51(47)52-46-30-14-10-20-40(46)34-36-48(52)54(53)56(42-25-5-2-6-26-42)50-32-16-22-38-18-8-12-28-44(38)50/h1-36H. The smallest absolute Gasteiger partial charge is 0.0788 e. The van der Waals surface area contributed by atoms with Crippen molar-refractivity contribution in [3.63, 3.8) is 0 Å². The number of anilines is 6. The predicted octanol–water partition coefficient (Wildman–Crippen LogP) is 15.5. The van der Waals surface area contributed by atoms with Gasteiger partial charge in [-0.2, -0.15) is 0 Å². The molecule has 0 aliphatic rings. The summed E-state index contributed by atoms with van der Waals surface area (Å²) < 4.78 is 0. The zero-order valence-corrected chi connectivity index (χ0v) is 30.7. The van der Waals surface area contributed by atoms with E-state index in [0.717, 1.165) is 34.1 Å². The van der Waals surface area contributed by atoms with E-state index < -0.39 is 0 Å². The maximum atomic E-state index is 2.52. The number of nitrogens with zero attached hydrogens (tertiary/aromatic N) is 2. The van der Waals surface area contributed by atoms with Gasteiger partial charge in [0.05, 0.1) is 22.7 Å². The quantitative estimate of drug-likeness (QED) is 0.125. The van der Waals surface area contributed by atoms with Crippen molar-refractivity contribution in [1.29, 1.82) is 0 Å². The van der Waals surface area contributed by atoms with Gasteiger partial charge in [0.2, 0.25) is 0 Å². The average Bonchev–Trinajstić information content (AvgIpc) is 3.27. The highest BCUT2D eigenvalue weighted by Crippen LogP contribution is 2.56. The molecule has 0 heterocycles. The Kier molecular flexibility index (Phi) is 7.53. The fourth-order valence-corrected chi connectivity index (χ4v) is 8.92. The Labute approximate surface area is 325 Å². The van der Waals surface area contributed by atoms with Gasteiger partial charge >= 0.3 is 0 Å². The average molecular weight is 713 g/mol. The molecule has 11 rings (SSSR count). The van der Waals surface area contributed by atoms with E-state index >= 15 is 0 Å². The third kappa shape index (κ3) is 5.04. The minimum Gasteiger partial charge on any atom is -0.307 e. The lowest BCUT2D eigenvalue weighted by Gasteiger charge is -2.36. The van der Waals surface area contributed by atoms with Crippen LogP contribution in [0.4, 0.5) is 34.1 Å². The summed E-state index contributed by atoms with van der Waals surface area (Å²) in [6.07, 6.45) is 0. The van der Waals surface area contributed by atoms with Crippen molar-refractivity contribution in [3.05, 3.63) is 218 Å². The molecule has 0 unspecified atom stereocenters. The predicted molar refractivity (Wildman–Crippen MR) is 241 cm³/mol. The molecule has 0 aromatic heterocycles. The minimum atomic E-state index is 1.09. The molecule has 2 nitrogen and oxygen atoms in total. The van der Waals surface area contributed by atoms with Crippen LogP contribution in [0, 0.1) is 0 Å². The maximum Gasteiger partial charge on any atom is 0.0788 e. The Morgan fingerprint density at radius 3 is 0.946 bits per heavy atom. The Balaban J connectivity index is 1.43. The molecule has 0 aliphatic carbocycles. The fourth-order valence-electron chi connectivity index (χ4n) is 8.92. The first kappa shape index (κ1) is 32.0. The van der Waals surface area contributed by atoms with E-state index in [1.165, 1.54) is 64.6 Å². The molecule has 0 saturated carbocycles. The third-order valence-corrected chi connectivity index (χ3v) is 11.3. The molecule has 56 heavy (non-hydrogen) atoms. The lowest BCUT2D eigenvalue weighted by Crippen LogP contribution is -2.18. The van der Waals surface area contributed by atoms with Gasteiger partial charge in [0.1, 0.15) is 0 Å². The molecule has 11 aromatic rings. The van der Waals surface area contributed by atoms with Gasteiger partial charge in [-0.1, -0.05) is 182 Å². The van der Waals surface area contributed by atoms with Gasteiger partial charge in [0.25, 0.3) is 0 Å². The molecule has 262 valence electrons. The minimum absolute atomic E-state index is 1.09. The molecular weight excluding hydrogens is 677 g/mol. The van der Waals surface area contributed by atoms with Crippen molar-refractivity contribution < 1.29 is 0 Å². The lowest BCUT2D eigenvalue weighted by molar-refractivity contribution is 1.26. The Bertz CT molecular complexity index is 3030. The van der Waals surface area contributed by atoms with Crippen LogP contribution in [-0.4, -0.2) is 0 Å². The van der Waals surface area contributed by atoms with Crippen molar-refractivity contribution in [2.45, 2.75) is 0 Å². The summed E-state index contributed by atoms with van der Waals surface area (Å²) in [5.41, 5.74) is 6.66. The van der Waals surface area contributed by atoms with Crippen LogP contribution in [0.5, 0.6) is 0 Å². The van der Waals surface area contributed by atoms with E-state index in [4.69, 9.17) is 0 Å². The molecular formula is C54H36N2. The summed E-state index contributed by atoms with van der Waals surface area (Å²) in [5, 5.41) is 14.6. The van der Waals surface area contributed by atoms with E-state index in [1.807, 2.05) is 0 Å². The monoisotopic (exact) mass is 712 g/mol. The highest BCUT2D eigenvalue weighted by atomic mass is 15.2. The second kappa shape index (κ2) is 13.2. The molecule has 0 amide bonds. The van der Waals surface area contributed by atoms with Gasteiger partial charge < -0.3 is 9.80 Å². The number of benzene rings is 11. The van der Waals surface area contributed by atoms with Crippen LogP contribution in [0.25, 0.3) is 64.6 Å². The van der Waals surface area contributed by atoms with Crippen LogP contribution < -0.4 is 9.80 Å². The molecule has 0 radical (unpaired) electrons. The van der Waals surface area contributed by atoms with Crippen molar-refractivity contribution in [2.75, 3.05) is 9.80 Å². The van der Waals surface area contributed by atoms with Gasteiger partial charge in [0.15, 0.2) is 0 Å². The van der Waals surface area contributed by atoms with Crippen LogP contribution in [0.15, 0.2) is 218 Å². The van der Waals surface area contributed by atoms with Gasteiger partial charge in [0, 0.05) is 43.7 Å². The van der Waals surface area contributed by atoms with Crippen molar-refractivity contribution in [2.24, 2.45) is 0 Å². The van der Waals surface area contributed by atoms with E-state index in [1.54, 1.807) is 0 Å². The van der Waals surface area contributed by atoms with E-state index in [9.17, 15) is 0 Å².